The second kappa shape index (κ2) is 8.12. The Kier molecular flexibility index (Phi) is 5.84. The van der Waals surface area contributed by atoms with Gasteiger partial charge < -0.3 is 10.6 Å². The summed E-state index contributed by atoms with van der Waals surface area (Å²) in [6, 6.07) is 2.24. The molecule has 3 rings (SSSR count). The number of hydrogen-bond donors (Lipinski definition) is 2. The molecule has 0 bridgehead atoms. The molecule has 0 radical (unpaired) electrons. The summed E-state index contributed by atoms with van der Waals surface area (Å²) in [5, 5.41) is 5.66. The average Bonchev–Trinajstić information content (AvgIpc) is 3.01. The molecule has 144 valence electrons. The van der Waals surface area contributed by atoms with Crippen LogP contribution in [0.3, 0.4) is 0 Å². The van der Waals surface area contributed by atoms with Crippen molar-refractivity contribution in [1.82, 2.24) is 10.3 Å². The van der Waals surface area contributed by atoms with Crippen molar-refractivity contribution in [2.24, 2.45) is 5.92 Å². The third-order valence-electron chi connectivity index (χ3n) is 4.50. The number of carbonyl (C=O) groups excluding carboxylic acids is 2. The Morgan fingerprint density at radius 2 is 1.81 bits per heavy atom. The van der Waals surface area contributed by atoms with Gasteiger partial charge in [-0.05, 0) is 43.7 Å². The second-order valence-corrected chi connectivity index (χ2v) is 7.96. The summed E-state index contributed by atoms with van der Waals surface area (Å²) < 4.78 is 27.6. The molecule has 1 aromatic heterocycles. The fourth-order valence-corrected chi connectivity index (χ4v) is 4.10. The molecule has 1 aliphatic carbocycles. The number of anilines is 1. The lowest BCUT2D eigenvalue weighted by Crippen LogP contribution is -2.47. The zero-order valence-corrected chi connectivity index (χ0v) is 16.0. The number of benzene rings is 1. The van der Waals surface area contributed by atoms with Crippen LogP contribution >= 0.6 is 11.3 Å². The Bertz CT molecular complexity index is 823. The van der Waals surface area contributed by atoms with Gasteiger partial charge in [-0.2, -0.15) is 0 Å². The van der Waals surface area contributed by atoms with Gasteiger partial charge in [0.15, 0.2) is 5.13 Å². The number of nitrogens with one attached hydrogen (secondary N) is 2. The van der Waals surface area contributed by atoms with Crippen molar-refractivity contribution in [2.75, 3.05) is 5.32 Å². The Morgan fingerprint density at radius 1 is 1.15 bits per heavy atom. The Labute approximate surface area is 160 Å². The van der Waals surface area contributed by atoms with Crippen LogP contribution in [0.1, 0.15) is 47.6 Å². The first-order valence-corrected chi connectivity index (χ1v) is 9.72. The number of aromatic nitrogens is 1. The van der Waals surface area contributed by atoms with Gasteiger partial charge >= 0.3 is 0 Å². The minimum absolute atomic E-state index is 0.279. The monoisotopic (exact) mass is 393 g/mol. The second-order valence-electron chi connectivity index (χ2n) is 6.88. The Hall–Kier alpha value is -2.35. The summed E-state index contributed by atoms with van der Waals surface area (Å²) in [7, 11) is 0. The molecule has 8 heteroatoms. The van der Waals surface area contributed by atoms with Gasteiger partial charge in [0.1, 0.15) is 23.2 Å². The summed E-state index contributed by atoms with van der Waals surface area (Å²) >= 11 is 1.44. The lowest BCUT2D eigenvalue weighted by Gasteiger charge is -2.21. The summed E-state index contributed by atoms with van der Waals surface area (Å²) in [5.41, 5.74) is 0.320. The van der Waals surface area contributed by atoms with Crippen LogP contribution in [0.15, 0.2) is 18.2 Å². The first-order chi connectivity index (χ1) is 12.9. The number of hydrogen-bond acceptors (Lipinski definition) is 4. The number of halogens is 2. The molecule has 1 aromatic carbocycles. The van der Waals surface area contributed by atoms with E-state index in [4.69, 9.17) is 0 Å². The molecule has 0 spiro atoms. The fourth-order valence-electron chi connectivity index (χ4n) is 3.05. The summed E-state index contributed by atoms with van der Waals surface area (Å²) in [5.74, 6) is -3.64. The first kappa shape index (κ1) is 19.4. The summed E-state index contributed by atoms with van der Waals surface area (Å²) in [6.07, 6.45) is 4.06. The van der Waals surface area contributed by atoms with Crippen LogP contribution in [0.2, 0.25) is 0 Å². The van der Waals surface area contributed by atoms with Crippen molar-refractivity contribution in [1.29, 1.82) is 0 Å². The van der Waals surface area contributed by atoms with E-state index in [1.807, 2.05) is 0 Å². The highest BCUT2D eigenvalue weighted by molar-refractivity contribution is 7.15. The highest BCUT2D eigenvalue weighted by atomic mass is 32.1. The third-order valence-corrected chi connectivity index (χ3v) is 5.57. The predicted molar refractivity (Wildman–Crippen MR) is 99.8 cm³/mol. The van der Waals surface area contributed by atoms with Crippen molar-refractivity contribution < 1.29 is 18.4 Å². The van der Waals surface area contributed by atoms with E-state index in [1.54, 1.807) is 13.8 Å². The largest absolute Gasteiger partial charge is 0.340 e. The molecule has 2 amide bonds. The van der Waals surface area contributed by atoms with Crippen molar-refractivity contribution in [3.63, 3.8) is 0 Å². The topological polar surface area (TPSA) is 71.1 Å². The van der Waals surface area contributed by atoms with Gasteiger partial charge in [-0.15, -0.1) is 11.3 Å². The number of rotatable bonds is 5. The molecular formula is C19H21F2N3O2S. The summed E-state index contributed by atoms with van der Waals surface area (Å²) in [4.78, 5) is 30.6. The number of amides is 2. The Balaban J connectivity index is 1.74. The van der Waals surface area contributed by atoms with Crippen LogP contribution in [0.25, 0.3) is 0 Å². The molecule has 1 heterocycles. The van der Waals surface area contributed by atoms with Gasteiger partial charge in [0.05, 0.1) is 5.69 Å². The van der Waals surface area contributed by atoms with Crippen LogP contribution in [0.5, 0.6) is 0 Å². The number of nitrogens with zero attached hydrogens (tertiary/aromatic N) is 1. The van der Waals surface area contributed by atoms with Gasteiger partial charge in [0, 0.05) is 4.88 Å². The molecule has 1 aliphatic rings. The van der Waals surface area contributed by atoms with E-state index in [2.05, 4.69) is 15.6 Å². The normalized spacial score (nSPS) is 14.6. The van der Waals surface area contributed by atoms with E-state index in [9.17, 15) is 18.4 Å². The quantitative estimate of drug-likeness (QED) is 0.814. The molecule has 27 heavy (non-hydrogen) atoms. The molecule has 0 saturated carbocycles. The Morgan fingerprint density at radius 3 is 2.44 bits per heavy atom. The highest BCUT2D eigenvalue weighted by Crippen LogP contribution is 2.29. The van der Waals surface area contributed by atoms with Gasteiger partial charge in [-0.25, -0.2) is 13.8 Å². The maximum Gasteiger partial charge on any atom is 0.257 e. The summed E-state index contributed by atoms with van der Waals surface area (Å²) in [6.45, 7) is 3.49. The smallest absolute Gasteiger partial charge is 0.257 e. The third kappa shape index (κ3) is 4.32. The van der Waals surface area contributed by atoms with E-state index in [0.717, 1.165) is 43.5 Å². The molecule has 0 aliphatic heterocycles. The molecule has 2 aromatic rings. The number of fused-ring (bicyclic) bond motifs is 1. The standard InChI is InChI=1S/C19H21F2N3O2S/c1-10(2)16(23-17(25)15-11(20)6-5-7-12(15)21)18(26)24-19-22-13-8-3-4-9-14(13)27-19/h5-7,10,16H,3-4,8-9H2,1-2H3,(H,23,25)(H,22,24,26). The van der Waals surface area contributed by atoms with E-state index < -0.39 is 35.1 Å². The van der Waals surface area contributed by atoms with E-state index in [1.165, 1.54) is 22.3 Å². The SMILES string of the molecule is CC(C)C(NC(=O)c1c(F)cccc1F)C(=O)Nc1nc2c(s1)CCCC2. The maximum atomic E-state index is 13.8. The molecular weight excluding hydrogens is 372 g/mol. The van der Waals surface area contributed by atoms with Gasteiger partial charge in [-0.1, -0.05) is 19.9 Å². The number of aryl methyl sites for hydroxylation is 2. The molecule has 0 saturated heterocycles. The zero-order valence-electron chi connectivity index (χ0n) is 15.1. The van der Waals surface area contributed by atoms with Gasteiger partial charge in [0.25, 0.3) is 5.91 Å². The zero-order chi connectivity index (χ0) is 19.6. The lowest BCUT2D eigenvalue weighted by atomic mass is 10.0. The fraction of sp³-hybridized carbons (Fsp3) is 0.421. The van der Waals surface area contributed by atoms with Crippen LogP contribution in [0.4, 0.5) is 13.9 Å². The van der Waals surface area contributed by atoms with Crippen LogP contribution in [-0.2, 0) is 17.6 Å². The van der Waals surface area contributed by atoms with Crippen molar-refractivity contribution >= 4 is 28.3 Å². The van der Waals surface area contributed by atoms with E-state index >= 15 is 0 Å². The predicted octanol–water partition coefficient (Wildman–Crippen LogP) is 3.69. The lowest BCUT2D eigenvalue weighted by molar-refractivity contribution is -0.118. The van der Waals surface area contributed by atoms with Crippen LogP contribution < -0.4 is 10.6 Å². The average molecular weight is 393 g/mol. The van der Waals surface area contributed by atoms with Crippen molar-refractivity contribution in [2.45, 2.75) is 45.6 Å². The molecule has 5 nitrogen and oxygen atoms in total. The molecule has 1 unspecified atom stereocenters. The first-order valence-electron chi connectivity index (χ1n) is 8.91. The highest BCUT2D eigenvalue weighted by Gasteiger charge is 2.28. The maximum absolute atomic E-state index is 13.8. The minimum Gasteiger partial charge on any atom is -0.340 e. The van der Waals surface area contributed by atoms with Gasteiger partial charge in [0.2, 0.25) is 5.91 Å². The van der Waals surface area contributed by atoms with Gasteiger partial charge in [-0.3, -0.25) is 9.59 Å². The number of carbonyl (C=O) groups is 2. The molecule has 2 N–H and O–H groups in total. The minimum atomic E-state index is -0.969. The number of thiazole rings is 1. The molecule has 0 fully saturated rings. The molecule has 1 atom stereocenters. The van der Waals surface area contributed by atoms with E-state index in [-0.39, 0.29) is 5.92 Å². The van der Waals surface area contributed by atoms with Crippen LogP contribution in [0, 0.1) is 17.6 Å². The van der Waals surface area contributed by atoms with Crippen molar-refractivity contribution in [3.05, 3.63) is 46.0 Å². The van der Waals surface area contributed by atoms with Crippen LogP contribution in [-0.4, -0.2) is 22.8 Å². The van der Waals surface area contributed by atoms with Crippen molar-refractivity contribution in [3.8, 4) is 0 Å². The van der Waals surface area contributed by atoms with E-state index in [0.29, 0.717) is 5.13 Å².